The van der Waals surface area contributed by atoms with Crippen LogP contribution in [0, 0.1) is 23.0 Å². The van der Waals surface area contributed by atoms with E-state index in [4.69, 9.17) is 10.5 Å². The van der Waals surface area contributed by atoms with E-state index >= 15 is 4.39 Å². The molecule has 234 valence electrons. The van der Waals surface area contributed by atoms with Crippen LogP contribution >= 0.6 is 0 Å². The Morgan fingerprint density at radius 2 is 1.80 bits per heavy atom. The summed E-state index contributed by atoms with van der Waals surface area (Å²) in [6.07, 6.45) is 7.01. The van der Waals surface area contributed by atoms with Gasteiger partial charge in [-0.1, -0.05) is 0 Å². The predicted molar refractivity (Wildman–Crippen MR) is 171 cm³/mol. The summed E-state index contributed by atoms with van der Waals surface area (Å²) in [7, 11) is 0. The highest BCUT2D eigenvalue weighted by Gasteiger charge is 2.31. The number of benzene rings is 2. The van der Waals surface area contributed by atoms with Crippen molar-refractivity contribution in [2.75, 3.05) is 24.3 Å². The predicted octanol–water partition coefficient (Wildman–Crippen LogP) is 5.89. The second-order valence-corrected chi connectivity index (χ2v) is 11.6. The third-order valence-electron chi connectivity index (χ3n) is 8.33. The van der Waals surface area contributed by atoms with Crippen LogP contribution in [0.15, 0.2) is 71.8 Å². The normalized spacial score (nSPS) is 15.3. The van der Waals surface area contributed by atoms with Gasteiger partial charge in [0.1, 0.15) is 34.8 Å². The minimum atomic E-state index is -0.764. The fourth-order valence-corrected chi connectivity index (χ4v) is 5.56. The molecule has 3 heterocycles. The molecule has 0 unspecified atom stereocenters. The van der Waals surface area contributed by atoms with Crippen molar-refractivity contribution in [3.63, 3.8) is 0 Å². The Hall–Kier alpha value is -5.34. The van der Waals surface area contributed by atoms with Crippen molar-refractivity contribution >= 4 is 23.0 Å². The van der Waals surface area contributed by atoms with Crippen LogP contribution in [0.3, 0.4) is 0 Å². The number of amides is 1. The van der Waals surface area contributed by atoms with E-state index in [-0.39, 0.29) is 39.9 Å². The molecule has 4 N–H and O–H groups in total. The molecule has 11 heteroatoms. The Morgan fingerprint density at radius 3 is 2.48 bits per heavy atom. The molecule has 2 aromatic carbocycles. The van der Waals surface area contributed by atoms with E-state index in [1.165, 1.54) is 42.5 Å². The minimum Gasteiger partial charge on any atom is -0.388 e. The minimum absolute atomic E-state index is 0.0242. The van der Waals surface area contributed by atoms with E-state index in [9.17, 15) is 19.2 Å². The second kappa shape index (κ2) is 12.9. The maximum atomic E-state index is 15.6. The summed E-state index contributed by atoms with van der Waals surface area (Å²) in [6.45, 7) is 3.37. The second-order valence-electron chi connectivity index (χ2n) is 11.6. The fourth-order valence-electron chi connectivity index (χ4n) is 5.56. The molecular weight excluding hydrogens is 590 g/mol. The van der Waals surface area contributed by atoms with E-state index in [2.05, 4.69) is 21.7 Å². The largest absolute Gasteiger partial charge is 0.388 e. The first-order valence-electron chi connectivity index (χ1n) is 15.1. The van der Waals surface area contributed by atoms with E-state index in [0.29, 0.717) is 17.2 Å². The molecule has 1 saturated carbocycles. The lowest BCUT2D eigenvalue weighted by molar-refractivity contribution is 0.0812. The van der Waals surface area contributed by atoms with E-state index < -0.39 is 23.1 Å². The van der Waals surface area contributed by atoms with Gasteiger partial charge < -0.3 is 21.1 Å². The summed E-state index contributed by atoms with van der Waals surface area (Å²) >= 11 is 0. The molecule has 1 saturated heterocycles. The number of nitrogens with two attached hydrogens (primary N) is 1. The summed E-state index contributed by atoms with van der Waals surface area (Å²) in [5.41, 5.74) is 8.51. The lowest BCUT2D eigenvalue weighted by Gasteiger charge is -2.22. The summed E-state index contributed by atoms with van der Waals surface area (Å²) < 4.78 is 35.7. The Labute approximate surface area is 264 Å². The highest BCUT2D eigenvalue weighted by molar-refractivity contribution is 6.04. The molecule has 1 aliphatic heterocycles. The Morgan fingerprint density at radius 1 is 1.07 bits per heavy atom. The van der Waals surface area contributed by atoms with Crippen LogP contribution in [0.2, 0.25) is 0 Å². The number of aromatic nitrogens is 2. The van der Waals surface area contributed by atoms with Crippen LogP contribution in [0.25, 0.3) is 22.4 Å². The van der Waals surface area contributed by atoms with Gasteiger partial charge in [0.05, 0.1) is 5.69 Å². The van der Waals surface area contributed by atoms with Gasteiger partial charge in [-0.15, -0.1) is 0 Å². The molecular formula is C35H32F2N6O3. The molecule has 6 rings (SSSR count). The van der Waals surface area contributed by atoms with Crippen LogP contribution < -0.4 is 21.9 Å². The number of rotatable bonds is 8. The number of halogens is 2. The number of carbonyl (C=O) groups excluding carboxylic acids is 1. The number of hydrogen-bond acceptors (Lipinski definition) is 7. The third kappa shape index (κ3) is 6.39. The number of nitriles is 1. The molecule has 9 nitrogen and oxygen atoms in total. The molecule has 1 amide bonds. The molecule has 2 fully saturated rings. The van der Waals surface area contributed by atoms with Crippen molar-refractivity contribution in [1.29, 1.82) is 5.26 Å². The van der Waals surface area contributed by atoms with Gasteiger partial charge in [0.2, 0.25) is 0 Å². The highest BCUT2D eigenvalue weighted by Crippen LogP contribution is 2.42. The maximum absolute atomic E-state index is 15.6. The monoisotopic (exact) mass is 622 g/mol. The van der Waals surface area contributed by atoms with Gasteiger partial charge in [-0.05, 0) is 110 Å². The zero-order valence-electron chi connectivity index (χ0n) is 25.1. The molecule has 46 heavy (non-hydrogen) atoms. The van der Waals surface area contributed by atoms with Crippen molar-refractivity contribution in [2.45, 2.75) is 44.6 Å². The van der Waals surface area contributed by atoms with E-state index in [1.54, 1.807) is 12.3 Å². The Kier molecular flexibility index (Phi) is 8.63. The fraction of sp³-hybridized carbons (Fsp3) is 0.257. The molecule has 0 bridgehead atoms. The molecule has 0 spiro atoms. The zero-order valence-corrected chi connectivity index (χ0v) is 25.1. The van der Waals surface area contributed by atoms with Gasteiger partial charge in [-0.2, -0.15) is 5.26 Å². The number of nitrogen functional groups attached to an aromatic ring is 1. The highest BCUT2D eigenvalue weighted by atomic mass is 19.1. The zero-order chi connectivity index (χ0) is 32.4. The van der Waals surface area contributed by atoms with Gasteiger partial charge in [0, 0.05) is 48.5 Å². The molecule has 0 radical (unpaired) electrons. The van der Waals surface area contributed by atoms with Crippen LogP contribution in [-0.4, -0.2) is 34.7 Å². The van der Waals surface area contributed by atoms with Crippen LogP contribution in [0.4, 0.5) is 20.3 Å². The first-order valence-corrected chi connectivity index (χ1v) is 15.1. The number of pyridine rings is 2. The lowest BCUT2D eigenvalue weighted by Crippen LogP contribution is -2.31. The lowest BCUT2D eigenvalue weighted by atomic mass is 10.0. The van der Waals surface area contributed by atoms with Gasteiger partial charge >= 0.3 is 0 Å². The number of nitrogens with zero attached hydrogens (tertiary/aromatic N) is 3. The summed E-state index contributed by atoms with van der Waals surface area (Å²) in [4.78, 5) is 31.3. The summed E-state index contributed by atoms with van der Waals surface area (Å²) in [5, 5.41) is 16.0. The van der Waals surface area contributed by atoms with Crippen molar-refractivity contribution in [3.8, 4) is 22.9 Å². The molecule has 2 aliphatic rings. The van der Waals surface area contributed by atoms with Crippen molar-refractivity contribution in [1.82, 2.24) is 14.9 Å². The smallest absolute Gasteiger partial charge is 0.269 e. The van der Waals surface area contributed by atoms with Crippen LogP contribution in [-0.2, 0) is 4.74 Å². The van der Waals surface area contributed by atoms with Crippen molar-refractivity contribution in [2.24, 2.45) is 0 Å². The van der Waals surface area contributed by atoms with Crippen molar-refractivity contribution < 1.29 is 18.3 Å². The van der Waals surface area contributed by atoms with Gasteiger partial charge in [-0.3, -0.25) is 14.2 Å². The van der Waals surface area contributed by atoms with E-state index in [0.717, 1.165) is 60.7 Å². The Bertz CT molecular complexity index is 1940. The maximum Gasteiger partial charge on any atom is 0.269 e. The average Bonchev–Trinajstić information content (AvgIpc) is 3.90. The molecule has 4 aromatic rings. The standard InChI is InChI=1S/C35H32F2N6O3/c1-20(18-40-24-10-12-46-13-11-24)22-14-29(33(39)41-19-22)27-9-6-25(15-31(27)37)42-34(44)30-16-28(21-2-3-21)32(17-38)43(35(30)45)26-7-4-23(36)5-8-26/h4-9,14-16,18-19,21,24,40H,2-3,10-13H2,1H3,(H2,39,41)(H,42,44)/b20-18+. The first-order chi connectivity index (χ1) is 22.2. The quantitative estimate of drug-likeness (QED) is 0.223. The molecule has 0 atom stereocenters. The van der Waals surface area contributed by atoms with Crippen molar-refractivity contribution in [3.05, 3.63) is 111 Å². The number of anilines is 2. The molecule has 2 aromatic heterocycles. The van der Waals surface area contributed by atoms with Gasteiger partial charge in [0.25, 0.3) is 11.5 Å². The number of hydrogen-bond donors (Lipinski definition) is 3. The number of nitrogens with one attached hydrogen (secondary N) is 2. The number of allylic oxidation sites excluding steroid dienone is 1. The molecule has 1 aliphatic carbocycles. The average molecular weight is 623 g/mol. The summed E-state index contributed by atoms with van der Waals surface area (Å²) in [6, 6.07) is 14.9. The first kappa shape index (κ1) is 30.7. The topological polar surface area (TPSA) is 135 Å². The summed E-state index contributed by atoms with van der Waals surface area (Å²) in [5.74, 6) is -1.74. The van der Waals surface area contributed by atoms with Crippen LogP contribution in [0.1, 0.15) is 65.7 Å². The number of ether oxygens (including phenoxy) is 1. The van der Waals surface area contributed by atoms with E-state index in [1.807, 2.05) is 13.1 Å². The Balaban J connectivity index is 1.27. The third-order valence-corrected chi connectivity index (χ3v) is 8.33. The number of carbonyl (C=O) groups is 1. The SMILES string of the molecule is C/C(=C\NC1CCOCC1)c1cnc(N)c(-c2ccc(NC(=O)c3cc(C4CC4)c(C#N)n(-c4ccc(F)cc4)c3=O)cc2F)c1. The van der Waals surface area contributed by atoms with Gasteiger partial charge in [-0.25, -0.2) is 13.8 Å². The van der Waals surface area contributed by atoms with Gasteiger partial charge in [0.15, 0.2) is 0 Å². The van der Waals surface area contributed by atoms with Crippen LogP contribution in [0.5, 0.6) is 0 Å².